The van der Waals surface area contributed by atoms with Crippen molar-refractivity contribution in [1.29, 1.82) is 0 Å². The van der Waals surface area contributed by atoms with Crippen LogP contribution < -0.4 is 0 Å². The zero-order chi connectivity index (χ0) is 7.28. The van der Waals surface area contributed by atoms with Gasteiger partial charge >= 0.3 is 0 Å². The van der Waals surface area contributed by atoms with Gasteiger partial charge in [-0.15, -0.1) is 0 Å². The van der Waals surface area contributed by atoms with Crippen LogP contribution in [0.25, 0.3) is 0 Å². The van der Waals surface area contributed by atoms with E-state index < -0.39 is 0 Å². The molecule has 0 aromatic carbocycles. The number of rotatable bonds is 2. The van der Waals surface area contributed by atoms with Gasteiger partial charge in [0.2, 0.25) is 0 Å². The highest BCUT2D eigenvalue weighted by atomic mass is 32.2. The summed E-state index contributed by atoms with van der Waals surface area (Å²) in [5, 5.41) is 17.8. The maximum absolute atomic E-state index is 8.78. The van der Waals surface area contributed by atoms with Crippen molar-refractivity contribution in [2.75, 3.05) is 0 Å². The number of aliphatic hydroxyl groups excluding tert-OH is 2. The van der Waals surface area contributed by atoms with Crippen LogP contribution >= 0.6 is 11.8 Å². The highest BCUT2D eigenvalue weighted by Crippen LogP contribution is 2.19. The van der Waals surface area contributed by atoms with E-state index in [-0.39, 0.29) is 10.2 Å². The summed E-state index contributed by atoms with van der Waals surface area (Å²) in [6.45, 7) is 3.40. The van der Waals surface area contributed by atoms with Crippen LogP contribution in [0.15, 0.2) is 22.3 Å². The summed E-state index contributed by atoms with van der Waals surface area (Å²) in [5.74, 6) is 0. The van der Waals surface area contributed by atoms with Crippen LogP contribution in [0.3, 0.4) is 0 Å². The van der Waals surface area contributed by atoms with E-state index in [2.05, 4.69) is 0 Å². The zero-order valence-electron chi connectivity index (χ0n) is 5.46. The van der Waals surface area contributed by atoms with Gasteiger partial charge in [-0.1, -0.05) is 0 Å². The second-order valence-corrected chi connectivity index (χ2v) is 2.40. The molecular formula is C6H10O2S. The van der Waals surface area contributed by atoms with Gasteiger partial charge < -0.3 is 10.2 Å². The lowest BCUT2D eigenvalue weighted by molar-refractivity contribution is 0.440. The van der Waals surface area contributed by atoms with Crippen molar-refractivity contribution >= 4 is 11.8 Å². The molecule has 0 heterocycles. The Bertz CT molecular complexity index is 122. The lowest BCUT2D eigenvalue weighted by Crippen LogP contribution is -1.74. The Morgan fingerprint density at radius 2 is 1.44 bits per heavy atom. The van der Waals surface area contributed by atoms with Crippen molar-refractivity contribution in [3.8, 4) is 0 Å². The lowest BCUT2D eigenvalue weighted by Gasteiger charge is -1.94. The van der Waals surface area contributed by atoms with E-state index in [1.807, 2.05) is 0 Å². The third-order valence-electron chi connectivity index (χ3n) is 0.703. The van der Waals surface area contributed by atoms with E-state index >= 15 is 0 Å². The fourth-order valence-electron chi connectivity index (χ4n) is 0.225. The topological polar surface area (TPSA) is 40.5 Å². The fourth-order valence-corrected chi connectivity index (χ4v) is 0.675. The quantitative estimate of drug-likeness (QED) is 0.588. The van der Waals surface area contributed by atoms with Crippen molar-refractivity contribution in [1.82, 2.24) is 0 Å². The van der Waals surface area contributed by atoms with Crippen LogP contribution in [0, 0.1) is 0 Å². The van der Waals surface area contributed by atoms with Crippen LogP contribution in [0.1, 0.15) is 13.8 Å². The Morgan fingerprint density at radius 1 is 1.11 bits per heavy atom. The number of hydrogen-bond donors (Lipinski definition) is 2. The van der Waals surface area contributed by atoms with Gasteiger partial charge in [-0.3, -0.25) is 0 Å². The third kappa shape index (κ3) is 3.97. The first kappa shape index (κ1) is 8.43. The number of hydrogen-bond acceptors (Lipinski definition) is 3. The van der Waals surface area contributed by atoms with Gasteiger partial charge in [0, 0.05) is 0 Å². The number of allylic oxidation sites excluding steroid dienone is 2. The summed E-state index contributed by atoms with van der Waals surface area (Å²) < 4.78 is 0. The molecule has 3 heteroatoms. The molecule has 52 valence electrons. The molecule has 0 aromatic heterocycles. The molecule has 0 spiro atoms. The fraction of sp³-hybridized carbons (Fsp3) is 0.333. The van der Waals surface area contributed by atoms with Gasteiger partial charge in [0.15, 0.2) is 10.2 Å². The number of thioether (sulfide) groups is 1. The van der Waals surface area contributed by atoms with Gasteiger partial charge in [0.25, 0.3) is 0 Å². The molecule has 0 aromatic rings. The molecule has 0 saturated carbocycles. The monoisotopic (exact) mass is 146 g/mol. The molecule has 2 N–H and O–H groups in total. The van der Waals surface area contributed by atoms with E-state index in [0.717, 1.165) is 11.8 Å². The Kier molecular flexibility index (Phi) is 4.05. The van der Waals surface area contributed by atoms with Crippen LogP contribution in [0.5, 0.6) is 0 Å². The van der Waals surface area contributed by atoms with E-state index in [1.54, 1.807) is 13.8 Å². The summed E-state index contributed by atoms with van der Waals surface area (Å²) in [6.07, 6.45) is 3.04. The summed E-state index contributed by atoms with van der Waals surface area (Å²) in [7, 11) is 0. The average Bonchev–Trinajstić information content (AvgIpc) is 1.87. The second-order valence-electron chi connectivity index (χ2n) is 1.36. The van der Waals surface area contributed by atoms with Crippen molar-refractivity contribution in [3.05, 3.63) is 22.3 Å². The predicted octanol–water partition coefficient (Wildman–Crippen LogP) is 2.56. The molecule has 0 amide bonds. The molecular weight excluding hydrogens is 136 g/mol. The SMILES string of the molecule is C/C=C(\O)S/C(O)=C/C. The van der Waals surface area contributed by atoms with E-state index in [9.17, 15) is 0 Å². The molecule has 0 aliphatic rings. The zero-order valence-corrected chi connectivity index (χ0v) is 6.27. The Labute approximate surface area is 58.9 Å². The molecule has 0 rings (SSSR count). The second kappa shape index (κ2) is 4.32. The summed E-state index contributed by atoms with van der Waals surface area (Å²) in [5.41, 5.74) is 0. The maximum Gasteiger partial charge on any atom is 0.153 e. The standard InChI is InChI=1S/C6H10O2S/c1-3-5(7)9-6(8)4-2/h3-4,7-8H,1-2H3/b5-3+,6-4+. The summed E-state index contributed by atoms with van der Waals surface area (Å²) in [6, 6.07) is 0. The average molecular weight is 146 g/mol. The molecule has 0 radical (unpaired) electrons. The minimum Gasteiger partial charge on any atom is -0.502 e. The first-order chi connectivity index (χ1) is 4.20. The van der Waals surface area contributed by atoms with Gasteiger partial charge in [-0.05, 0) is 37.8 Å². The molecule has 0 fully saturated rings. The van der Waals surface area contributed by atoms with Gasteiger partial charge in [0.1, 0.15) is 0 Å². The van der Waals surface area contributed by atoms with E-state index in [4.69, 9.17) is 10.2 Å². The van der Waals surface area contributed by atoms with E-state index in [1.165, 1.54) is 12.2 Å². The van der Waals surface area contributed by atoms with Crippen molar-refractivity contribution in [2.24, 2.45) is 0 Å². The largest absolute Gasteiger partial charge is 0.502 e. The van der Waals surface area contributed by atoms with Crippen molar-refractivity contribution in [2.45, 2.75) is 13.8 Å². The summed E-state index contributed by atoms with van der Waals surface area (Å²) >= 11 is 0.933. The molecule has 0 bridgehead atoms. The smallest absolute Gasteiger partial charge is 0.153 e. The van der Waals surface area contributed by atoms with Gasteiger partial charge in [-0.25, -0.2) is 0 Å². The van der Waals surface area contributed by atoms with Crippen LogP contribution in [0.2, 0.25) is 0 Å². The molecule has 0 saturated heterocycles. The molecule has 2 nitrogen and oxygen atoms in total. The normalized spacial score (nSPS) is 14.0. The predicted molar refractivity (Wildman–Crippen MR) is 40.4 cm³/mol. The molecule has 9 heavy (non-hydrogen) atoms. The van der Waals surface area contributed by atoms with Gasteiger partial charge in [0.05, 0.1) is 0 Å². The van der Waals surface area contributed by atoms with Crippen molar-refractivity contribution < 1.29 is 10.2 Å². The summed E-state index contributed by atoms with van der Waals surface area (Å²) in [4.78, 5) is 0. The number of aliphatic hydroxyl groups is 2. The molecule has 0 aliphatic heterocycles. The lowest BCUT2D eigenvalue weighted by atomic mass is 10.7. The molecule has 0 aliphatic carbocycles. The Hall–Kier alpha value is -0.570. The van der Waals surface area contributed by atoms with Crippen LogP contribution in [0.4, 0.5) is 0 Å². The first-order valence-corrected chi connectivity index (χ1v) is 3.40. The van der Waals surface area contributed by atoms with Crippen molar-refractivity contribution in [3.63, 3.8) is 0 Å². The first-order valence-electron chi connectivity index (χ1n) is 2.59. The third-order valence-corrected chi connectivity index (χ3v) is 1.59. The molecule has 0 unspecified atom stereocenters. The van der Waals surface area contributed by atoms with Crippen LogP contribution in [-0.4, -0.2) is 10.2 Å². The molecule has 0 atom stereocenters. The van der Waals surface area contributed by atoms with E-state index in [0.29, 0.717) is 0 Å². The highest BCUT2D eigenvalue weighted by Gasteiger charge is 1.94. The Morgan fingerprint density at radius 3 is 1.67 bits per heavy atom. The van der Waals surface area contributed by atoms with Gasteiger partial charge in [-0.2, -0.15) is 0 Å². The Balaban J connectivity index is 3.75. The minimum absolute atomic E-state index is 0.116. The highest BCUT2D eigenvalue weighted by molar-refractivity contribution is 8.06. The maximum atomic E-state index is 8.78. The van der Waals surface area contributed by atoms with Crippen LogP contribution in [-0.2, 0) is 0 Å². The minimum atomic E-state index is 0.116.